The number of unbranched alkanes of at least 4 members (excludes halogenated alkanes) is 1. The van der Waals surface area contributed by atoms with E-state index < -0.39 is 6.10 Å². The predicted octanol–water partition coefficient (Wildman–Crippen LogP) is 1.89. The van der Waals surface area contributed by atoms with Crippen molar-refractivity contribution in [2.75, 3.05) is 18.4 Å². The van der Waals surface area contributed by atoms with E-state index in [-0.39, 0.29) is 0 Å². The fourth-order valence-electron chi connectivity index (χ4n) is 1.38. The smallest absolute Gasteiger partial charge is 0.0761 e. The van der Waals surface area contributed by atoms with E-state index in [0.29, 0.717) is 0 Å². The van der Waals surface area contributed by atoms with E-state index in [4.69, 9.17) is 5.73 Å². The first-order valence-electron chi connectivity index (χ1n) is 5.46. The average molecular weight is 208 g/mol. The molecule has 1 unspecified atom stereocenters. The van der Waals surface area contributed by atoms with Gasteiger partial charge in [0.2, 0.25) is 0 Å². The number of aliphatic hydroxyl groups excluding tert-OH is 1. The Hall–Kier alpha value is -1.06. The molecule has 1 rings (SSSR count). The summed E-state index contributed by atoms with van der Waals surface area (Å²) in [6.45, 7) is 3.47. The van der Waals surface area contributed by atoms with E-state index in [2.05, 4.69) is 5.32 Å². The van der Waals surface area contributed by atoms with Crippen LogP contribution in [0, 0.1) is 0 Å². The van der Waals surface area contributed by atoms with Crippen molar-refractivity contribution in [3.8, 4) is 0 Å². The van der Waals surface area contributed by atoms with E-state index in [1.54, 1.807) is 6.92 Å². The van der Waals surface area contributed by atoms with Crippen LogP contribution in [0.2, 0.25) is 0 Å². The van der Waals surface area contributed by atoms with Crippen molar-refractivity contribution in [3.63, 3.8) is 0 Å². The summed E-state index contributed by atoms with van der Waals surface area (Å²) in [5, 5.41) is 12.6. The van der Waals surface area contributed by atoms with Crippen LogP contribution in [-0.2, 0) is 0 Å². The average Bonchev–Trinajstić information content (AvgIpc) is 2.25. The standard InChI is InChI=1S/C12H20N2O/c1-10(15)11-4-6-12(7-5-11)14-9-3-2-8-13/h4-7,10,14-15H,2-3,8-9,13H2,1H3. The van der Waals surface area contributed by atoms with Gasteiger partial charge in [0.1, 0.15) is 0 Å². The largest absolute Gasteiger partial charge is 0.389 e. The van der Waals surface area contributed by atoms with Gasteiger partial charge in [-0.25, -0.2) is 0 Å². The van der Waals surface area contributed by atoms with E-state index in [9.17, 15) is 5.11 Å². The molecule has 0 aliphatic heterocycles. The van der Waals surface area contributed by atoms with Gasteiger partial charge in [-0.05, 0) is 44.0 Å². The molecule has 0 aliphatic carbocycles. The highest BCUT2D eigenvalue weighted by atomic mass is 16.3. The van der Waals surface area contributed by atoms with Gasteiger partial charge in [-0.2, -0.15) is 0 Å². The van der Waals surface area contributed by atoms with Crippen LogP contribution < -0.4 is 11.1 Å². The van der Waals surface area contributed by atoms with Crippen LogP contribution in [0.25, 0.3) is 0 Å². The Morgan fingerprint density at radius 1 is 1.27 bits per heavy atom. The second-order valence-corrected chi connectivity index (χ2v) is 3.72. The van der Waals surface area contributed by atoms with Gasteiger partial charge in [0.15, 0.2) is 0 Å². The molecule has 0 heterocycles. The van der Waals surface area contributed by atoms with Crippen molar-refractivity contribution in [1.82, 2.24) is 0 Å². The van der Waals surface area contributed by atoms with E-state index in [1.807, 2.05) is 24.3 Å². The van der Waals surface area contributed by atoms with Gasteiger partial charge in [-0.15, -0.1) is 0 Å². The fraction of sp³-hybridized carbons (Fsp3) is 0.500. The molecular weight excluding hydrogens is 188 g/mol. The molecule has 0 radical (unpaired) electrons. The summed E-state index contributed by atoms with van der Waals surface area (Å²) in [4.78, 5) is 0. The minimum Gasteiger partial charge on any atom is -0.389 e. The number of hydrogen-bond donors (Lipinski definition) is 3. The van der Waals surface area contributed by atoms with Crippen molar-refractivity contribution < 1.29 is 5.11 Å². The molecule has 1 aromatic rings. The predicted molar refractivity (Wildman–Crippen MR) is 63.9 cm³/mol. The summed E-state index contributed by atoms with van der Waals surface area (Å²) in [5.74, 6) is 0. The SMILES string of the molecule is CC(O)c1ccc(NCCCCN)cc1. The maximum atomic E-state index is 9.33. The Bertz CT molecular complexity index is 269. The number of rotatable bonds is 6. The van der Waals surface area contributed by atoms with Crippen molar-refractivity contribution in [3.05, 3.63) is 29.8 Å². The zero-order valence-corrected chi connectivity index (χ0v) is 9.24. The summed E-state index contributed by atoms with van der Waals surface area (Å²) >= 11 is 0. The highest BCUT2D eigenvalue weighted by Gasteiger charge is 1.99. The molecule has 1 aromatic carbocycles. The lowest BCUT2D eigenvalue weighted by molar-refractivity contribution is 0.199. The minimum atomic E-state index is -0.392. The number of aliphatic hydroxyl groups is 1. The number of hydrogen-bond acceptors (Lipinski definition) is 3. The molecule has 3 nitrogen and oxygen atoms in total. The van der Waals surface area contributed by atoms with Gasteiger partial charge in [0.05, 0.1) is 6.10 Å². The maximum Gasteiger partial charge on any atom is 0.0761 e. The zero-order valence-electron chi connectivity index (χ0n) is 9.24. The molecule has 0 saturated carbocycles. The van der Waals surface area contributed by atoms with Crippen molar-refractivity contribution in [2.24, 2.45) is 5.73 Å². The van der Waals surface area contributed by atoms with Gasteiger partial charge in [0.25, 0.3) is 0 Å². The van der Waals surface area contributed by atoms with Crippen LogP contribution in [0.3, 0.4) is 0 Å². The highest BCUT2D eigenvalue weighted by molar-refractivity contribution is 5.44. The molecule has 0 fully saturated rings. The number of anilines is 1. The van der Waals surface area contributed by atoms with Gasteiger partial charge in [-0.3, -0.25) is 0 Å². The second-order valence-electron chi connectivity index (χ2n) is 3.72. The third-order valence-corrected chi connectivity index (χ3v) is 2.35. The third kappa shape index (κ3) is 4.32. The molecule has 0 saturated heterocycles. The highest BCUT2D eigenvalue weighted by Crippen LogP contribution is 2.15. The first-order valence-corrected chi connectivity index (χ1v) is 5.46. The van der Waals surface area contributed by atoms with Gasteiger partial charge >= 0.3 is 0 Å². The van der Waals surface area contributed by atoms with Crippen molar-refractivity contribution >= 4 is 5.69 Å². The fourth-order valence-corrected chi connectivity index (χ4v) is 1.38. The van der Waals surface area contributed by atoms with Crippen molar-refractivity contribution in [2.45, 2.75) is 25.9 Å². The van der Waals surface area contributed by atoms with Crippen LogP contribution >= 0.6 is 0 Å². The minimum absolute atomic E-state index is 0.392. The Kier molecular flexibility index (Phi) is 5.15. The summed E-state index contributed by atoms with van der Waals surface area (Å²) < 4.78 is 0. The maximum absolute atomic E-state index is 9.33. The molecule has 4 N–H and O–H groups in total. The van der Waals surface area contributed by atoms with Gasteiger partial charge in [-0.1, -0.05) is 12.1 Å². The summed E-state index contributed by atoms with van der Waals surface area (Å²) in [7, 11) is 0. The van der Waals surface area contributed by atoms with Gasteiger partial charge in [0, 0.05) is 12.2 Å². The zero-order chi connectivity index (χ0) is 11.1. The molecular formula is C12H20N2O. The molecule has 15 heavy (non-hydrogen) atoms. The van der Waals surface area contributed by atoms with Crippen LogP contribution in [0.5, 0.6) is 0 Å². The second kappa shape index (κ2) is 6.43. The van der Waals surface area contributed by atoms with Crippen LogP contribution in [-0.4, -0.2) is 18.2 Å². The number of nitrogens with one attached hydrogen (secondary N) is 1. The normalized spacial score (nSPS) is 12.5. The Labute approximate surface area is 91.3 Å². The first-order chi connectivity index (χ1) is 7.24. The molecule has 0 amide bonds. The summed E-state index contributed by atoms with van der Waals surface area (Å²) in [6, 6.07) is 7.86. The molecule has 3 heteroatoms. The quantitative estimate of drug-likeness (QED) is 0.626. The molecule has 0 aliphatic rings. The molecule has 0 spiro atoms. The lowest BCUT2D eigenvalue weighted by Gasteiger charge is -2.08. The molecule has 84 valence electrons. The van der Waals surface area contributed by atoms with E-state index >= 15 is 0 Å². The Morgan fingerprint density at radius 3 is 2.47 bits per heavy atom. The topological polar surface area (TPSA) is 58.3 Å². The van der Waals surface area contributed by atoms with E-state index in [1.165, 1.54) is 0 Å². The van der Waals surface area contributed by atoms with Crippen LogP contribution in [0.15, 0.2) is 24.3 Å². The Balaban J connectivity index is 2.36. The monoisotopic (exact) mass is 208 g/mol. The lowest BCUT2D eigenvalue weighted by atomic mass is 10.1. The first kappa shape index (κ1) is 12.0. The number of nitrogens with two attached hydrogens (primary N) is 1. The third-order valence-electron chi connectivity index (χ3n) is 2.35. The molecule has 0 aromatic heterocycles. The van der Waals surface area contributed by atoms with E-state index in [0.717, 1.165) is 37.2 Å². The van der Waals surface area contributed by atoms with Crippen molar-refractivity contribution in [1.29, 1.82) is 0 Å². The number of benzene rings is 1. The Morgan fingerprint density at radius 2 is 1.93 bits per heavy atom. The lowest BCUT2D eigenvalue weighted by Crippen LogP contribution is -2.05. The molecule has 0 bridgehead atoms. The van der Waals surface area contributed by atoms with Crippen LogP contribution in [0.1, 0.15) is 31.4 Å². The van der Waals surface area contributed by atoms with Gasteiger partial charge < -0.3 is 16.2 Å². The summed E-state index contributed by atoms with van der Waals surface area (Å²) in [6.07, 6.45) is 1.75. The summed E-state index contributed by atoms with van der Waals surface area (Å²) in [5.41, 5.74) is 7.45. The molecule has 1 atom stereocenters. The van der Waals surface area contributed by atoms with Crippen LogP contribution in [0.4, 0.5) is 5.69 Å².